The normalized spacial score (nSPS) is 12.8. The van der Waals surface area contributed by atoms with Gasteiger partial charge in [0.15, 0.2) is 0 Å². The molecule has 108 heavy (non-hydrogen) atoms. The van der Waals surface area contributed by atoms with Crippen LogP contribution in [0.15, 0.2) is 146 Å². The number of rotatable bonds is 24. The molecule has 6 aromatic rings. The van der Waals surface area contributed by atoms with Crippen molar-refractivity contribution in [3.63, 3.8) is 0 Å². The lowest BCUT2D eigenvalue weighted by atomic mass is 9.81. The molecule has 0 saturated heterocycles. The van der Waals surface area contributed by atoms with Gasteiger partial charge in [-0.25, -0.2) is 0 Å². The molecule has 0 spiro atoms. The van der Waals surface area contributed by atoms with Crippen molar-refractivity contribution in [1.82, 2.24) is 0 Å². The summed E-state index contributed by atoms with van der Waals surface area (Å²) in [6, 6.07) is 54.6. The highest BCUT2D eigenvalue weighted by Gasteiger charge is 2.21. The van der Waals surface area contributed by atoms with E-state index in [1.165, 1.54) is 186 Å². The molecule has 612 valence electrons. The Morgan fingerprint density at radius 3 is 0.509 bits per heavy atom. The van der Waals surface area contributed by atoms with Gasteiger partial charge in [-0.05, 0) is 286 Å². The van der Waals surface area contributed by atoms with Crippen LogP contribution >= 0.6 is 0 Å². The molecule has 6 rings (SSSR count). The van der Waals surface area contributed by atoms with Gasteiger partial charge in [-0.3, -0.25) is 0 Å². The maximum Gasteiger partial charge on any atom is -0.0227 e. The maximum absolute atomic E-state index is 2.34. The van der Waals surface area contributed by atoms with Crippen molar-refractivity contribution in [1.29, 1.82) is 0 Å². The van der Waals surface area contributed by atoms with E-state index in [2.05, 4.69) is 395 Å². The van der Waals surface area contributed by atoms with Crippen LogP contribution in [0.5, 0.6) is 0 Å². The predicted octanol–water partition coefficient (Wildman–Crippen LogP) is 33.9. The van der Waals surface area contributed by atoms with Crippen molar-refractivity contribution in [2.75, 3.05) is 0 Å². The van der Waals surface area contributed by atoms with Crippen LogP contribution in [0, 0.1) is 65.0 Å². The van der Waals surface area contributed by atoms with Crippen LogP contribution in [0.3, 0.4) is 0 Å². The third-order valence-corrected chi connectivity index (χ3v) is 19.5. The second kappa shape index (κ2) is 45.9. The molecule has 6 aromatic carbocycles. The Labute approximate surface area is 676 Å². The quantitative estimate of drug-likeness (QED) is 0.0567. The number of hydrogen-bond donors (Lipinski definition) is 0. The molecule has 0 nitrogen and oxygen atoms in total. The Balaban J connectivity index is 0.000000649. The third kappa shape index (κ3) is 60.0. The van der Waals surface area contributed by atoms with Gasteiger partial charge in [0, 0.05) is 0 Å². The van der Waals surface area contributed by atoms with Crippen molar-refractivity contribution in [3.05, 3.63) is 212 Å². The van der Waals surface area contributed by atoms with Crippen LogP contribution in [0.4, 0.5) is 0 Å². The summed E-state index contributed by atoms with van der Waals surface area (Å²) in [6.45, 7) is 83.3. The molecule has 0 atom stereocenters. The van der Waals surface area contributed by atoms with Crippen LogP contribution in [0.2, 0.25) is 0 Å². The first-order chi connectivity index (χ1) is 49.0. The Hall–Kier alpha value is -4.68. The summed E-state index contributed by atoms with van der Waals surface area (Å²) in [5.74, 6) is 0. The molecular weight excluding hydrogens is 1300 g/mol. The number of hydrogen-bond acceptors (Lipinski definition) is 0. The molecule has 0 aromatic heterocycles. The van der Waals surface area contributed by atoms with Gasteiger partial charge in [0.1, 0.15) is 0 Å². The highest BCUT2D eigenvalue weighted by Crippen LogP contribution is 2.33. The maximum atomic E-state index is 2.34. The summed E-state index contributed by atoms with van der Waals surface area (Å²) in [6.07, 6.45) is 29.9. The summed E-state index contributed by atoms with van der Waals surface area (Å²) in [7, 11) is 0. The molecule has 0 aliphatic rings. The molecule has 0 heterocycles. The van der Waals surface area contributed by atoms with Crippen LogP contribution in [0.1, 0.15) is 393 Å². The molecule has 0 N–H and O–H groups in total. The lowest BCUT2D eigenvalue weighted by Crippen LogP contribution is -2.15. The van der Waals surface area contributed by atoms with Gasteiger partial charge in [0.25, 0.3) is 0 Å². The topological polar surface area (TPSA) is 0 Å². The summed E-state index contributed by atoms with van der Waals surface area (Å²) in [5.41, 5.74) is 23.2. The minimum atomic E-state index is 0.369. The van der Waals surface area contributed by atoms with Gasteiger partial charge in [-0.2, -0.15) is 0 Å². The Bertz CT molecular complexity index is 3060. The summed E-state index contributed by atoms with van der Waals surface area (Å²) in [5, 5.41) is 0. The molecular formula is C108H180. The van der Waals surface area contributed by atoms with E-state index < -0.39 is 0 Å². The van der Waals surface area contributed by atoms with Crippen LogP contribution < -0.4 is 0 Å². The van der Waals surface area contributed by atoms with Crippen LogP contribution in [-0.2, 0) is 77.0 Å². The highest BCUT2D eigenvalue weighted by atomic mass is 14.3. The van der Waals surface area contributed by atoms with Crippen molar-refractivity contribution in [2.24, 2.45) is 65.0 Å². The van der Waals surface area contributed by atoms with Crippen molar-refractivity contribution < 1.29 is 0 Å². The van der Waals surface area contributed by atoms with Crippen molar-refractivity contribution in [3.8, 4) is 0 Å². The zero-order valence-corrected chi connectivity index (χ0v) is 78.8. The third-order valence-electron chi connectivity index (χ3n) is 19.5. The molecule has 0 radical (unpaired) electrons. The van der Waals surface area contributed by atoms with E-state index >= 15 is 0 Å². The minimum Gasteiger partial charge on any atom is -0.0620 e. The fourth-order valence-corrected chi connectivity index (χ4v) is 13.2. The summed E-state index contributed by atoms with van der Waals surface area (Å²) >= 11 is 0. The van der Waals surface area contributed by atoms with Gasteiger partial charge >= 0.3 is 0 Å². The van der Waals surface area contributed by atoms with E-state index in [9.17, 15) is 0 Å². The van der Waals surface area contributed by atoms with E-state index in [-0.39, 0.29) is 0 Å². The van der Waals surface area contributed by atoms with E-state index in [0.29, 0.717) is 65.0 Å². The SMILES string of the molecule is CC(C)(C)CCCc1ccc(CCCC(C)(C)C)cc1.CC(C)(C)CCCc1ccccc1CCCC(C)(C)C.CC(C)(C)CCc1ccc(CCC(C)(C)C)cc1.CC(C)(C)CCc1ccccc1CCC(C)(C)C.CC(C)(C)Cc1ccc(CC(C)(C)C)cc1.CC(C)(C)Cc1ccccc1CC(C)(C)C. The van der Waals surface area contributed by atoms with Gasteiger partial charge in [0.05, 0.1) is 0 Å². The zero-order chi connectivity index (χ0) is 82.9. The molecule has 0 aliphatic carbocycles. The first-order valence-electron chi connectivity index (χ1n) is 43.4. The molecule has 0 fully saturated rings. The fourth-order valence-electron chi connectivity index (χ4n) is 13.2. The average Bonchev–Trinajstić information content (AvgIpc) is 0.882. The number of benzene rings is 6. The molecule has 0 amide bonds. The first-order valence-corrected chi connectivity index (χ1v) is 43.4. The molecule has 0 aliphatic heterocycles. The highest BCUT2D eigenvalue weighted by molar-refractivity contribution is 5.31. The van der Waals surface area contributed by atoms with E-state index in [1.807, 2.05) is 0 Å². The molecule has 0 heteroatoms. The summed E-state index contributed by atoms with van der Waals surface area (Å²) in [4.78, 5) is 0. The standard InChI is InChI=1S/2C20H34.2C18H30.2C16H26/c1-19(2,3)15-7-9-17-11-13-18(14-12-17)10-8-16-20(4,5)6;1-19(2,3)15-9-13-17-11-7-8-12-18(17)14-10-16-20(4,5)6;1-17(2,3)13-11-15-7-9-16(10-8-15)12-14-18(4,5)6;1-17(2,3)13-11-15-9-7-8-10-16(15)12-14-18(4,5)6;1-15(2,3)11-13-7-9-14(10-8-13)12-16(4,5)6;1-15(2,3)11-13-9-7-8-10-14(13)12-16(4,5)6/h11-14H,7-10,15-16H2,1-6H3;7-8,11-12H,9-10,13-16H2,1-6H3;2*7-10H,11-14H2,1-6H3;2*7-10H,11-12H2,1-6H3. The molecule has 0 saturated carbocycles. The van der Waals surface area contributed by atoms with E-state index in [0.717, 1.165) is 12.8 Å². The average molecular weight is 1480 g/mol. The van der Waals surface area contributed by atoms with Crippen molar-refractivity contribution in [2.45, 2.75) is 403 Å². The lowest BCUT2D eigenvalue weighted by Gasteiger charge is -2.24. The second-order valence-electron chi connectivity index (χ2n) is 47.6. The van der Waals surface area contributed by atoms with Gasteiger partial charge in [-0.1, -0.05) is 395 Å². The predicted molar refractivity (Wildman–Crippen MR) is 492 cm³/mol. The van der Waals surface area contributed by atoms with Crippen LogP contribution in [0.25, 0.3) is 0 Å². The Kier molecular flexibility index (Phi) is 43.0. The first kappa shape index (κ1) is 101. The summed E-state index contributed by atoms with van der Waals surface area (Å²) < 4.78 is 0. The second-order valence-corrected chi connectivity index (χ2v) is 47.6. The lowest BCUT2D eigenvalue weighted by molar-refractivity contribution is 0.362. The zero-order valence-electron chi connectivity index (χ0n) is 78.8. The van der Waals surface area contributed by atoms with Crippen LogP contribution in [-0.4, -0.2) is 0 Å². The van der Waals surface area contributed by atoms with Crippen molar-refractivity contribution >= 4 is 0 Å². The largest absolute Gasteiger partial charge is 0.0620 e. The van der Waals surface area contributed by atoms with Gasteiger partial charge in [-0.15, -0.1) is 0 Å². The van der Waals surface area contributed by atoms with E-state index in [4.69, 9.17) is 0 Å². The monoisotopic (exact) mass is 1480 g/mol. The number of aryl methyl sites for hydroxylation is 8. The smallest absolute Gasteiger partial charge is 0.0227 e. The van der Waals surface area contributed by atoms with Gasteiger partial charge < -0.3 is 0 Å². The van der Waals surface area contributed by atoms with Gasteiger partial charge in [0.2, 0.25) is 0 Å². The minimum absolute atomic E-state index is 0.369. The Morgan fingerprint density at radius 1 is 0.139 bits per heavy atom. The molecule has 0 unspecified atom stereocenters. The Morgan fingerprint density at radius 2 is 0.306 bits per heavy atom. The fraction of sp³-hybridized carbons (Fsp3) is 0.667. The molecule has 0 bridgehead atoms. The van der Waals surface area contributed by atoms with E-state index in [1.54, 1.807) is 22.3 Å².